The van der Waals surface area contributed by atoms with Crippen LogP contribution in [-0.2, 0) is 16.4 Å². The van der Waals surface area contributed by atoms with E-state index in [1.807, 2.05) is 37.3 Å². The van der Waals surface area contributed by atoms with Gasteiger partial charge >= 0.3 is 0 Å². The maximum Gasteiger partial charge on any atom is 0.258 e. The van der Waals surface area contributed by atoms with Crippen LogP contribution in [0.3, 0.4) is 0 Å². The highest BCUT2D eigenvalue weighted by Crippen LogP contribution is 2.39. The number of nitrogens with zero attached hydrogens (tertiary/aromatic N) is 1. The fourth-order valence-electron chi connectivity index (χ4n) is 4.30. The van der Waals surface area contributed by atoms with Gasteiger partial charge in [-0.1, -0.05) is 37.3 Å². The first-order chi connectivity index (χ1) is 16.5. The summed E-state index contributed by atoms with van der Waals surface area (Å²) in [6.45, 7) is 5.61. The molecule has 0 saturated heterocycles. The summed E-state index contributed by atoms with van der Waals surface area (Å²) in [6.07, 6.45) is -0.284. The number of aryl methyl sites for hydroxylation is 1. The molecule has 0 bridgehead atoms. The summed E-state index contributed by atoms with van der Waals surface area (Å²) < 4.78 is 29.2. The lowest BCUT2D eigenvalue weighted by atomic mass is 9.82. The van der Waals surface area contributed by atoms with E-state index < -0.39 is 27.7 Å². The van der Waals surface area contributed by atoms with Crippen LogP contribution in [0.15, 0.2) is 77.7 Å². The van der Waals surface area contributed by atoms with Gasteiger partial charge in [-0.25, -0.2) is 13.1 Å². The molecule has 35 heavy (non-hydrogen) atoms. The fraction of sp³-hybridized carbons (Fsp3) is 0.296. The van der Waals surface area contributed by atoms with Crippen molar-refractivity contribution in [3.63, 3.8) is 0 Å². The number of hydrogen-bond donors (Lipinski definition) is 3. The first kappa shape index (κ1) is 24.9. The van der Waals surface area contributed by atoms with Crippen molar-refractivity contribution < 1.29 is 18.3 Å². The van der Waals surface area contributed by atoms with Gasteiger partial charge < -0.3 is 15.3 Å². The molecule has 0 fully saturated rings. The van der Waals surface area contributed by atoms with Crippen LogP contribution in [0.5, 0.6) is 0 Å². The molecule has 1 aliphatic rings. The third-order valence-electron chi connectivity index (χ3n) is 6.52. The molecule has 1 amide bonds. The lowest BCUT2D eigenvalue weighted by Gasteiger charge is -2.43. The lowest BCUT2D eigenvalue weighted by molar-refractivity contribution is 0.0769. The monoisotopic (exact) mass is 493 g/mol. The van der Waals surface area contributed by atoms with Crippen molar-refractivity contribution >= 4 is 27.3 Å². The van der Waals surface area contributed by atoms with Gasteiger partial charge in [0.05, 0.1) is 22.6 Å². The Kier molecular flexibility index (Phi) is 6.73. The highest BCUT2D eigenvalue weighted by Gasteiger charge is 2.43. The Balaban J connectivity index is 1.71. The lowest BCUT2D eigenvalue weighted by Crippen LogP contribution is -2.54. The molecular formula is C27H31N3O4S. The molecule has 1 heterocycles. The smallest absolute Gasteiger partial charge is 0.258 e. The van der Waals surface area contributed by atoms with Gasteiger partial charge in [-0.05, 0) is 73.9 Å². The van der Waals surface area contributed by atoms with E-state index in [1.54, 1.807) is 63.4 Å². The molecule has 1 aliphatic heterocycles. The maximum atomic E-state index is 13.3. The van der Waals surface area contributed by atoms with Gasteiger partial charge in [0.2, 0.25) is 10.0 Å². The van der Waals surface area contributed by atoms with Crippen molar-refractivity contribution in [2.45, 2.75) is 49.8 Å². The van der Waals surface area contributed by atoms with E-state index in [0.29, 0.717) is 16.8 Å². The second-order valence-corrected chi connectivity index (χ2v) is 11.1. The predicted molar refractivity (Wildman–Crippen MR) is 138 cm³/mol. The van der Waals surface area contributed by atoms with Crippen LogP contribution in [0.2, 0.25) is 0 Å². The van der Waals surface area contributed by atoms with Crippen LogP contribution in [-0.4, -0.2) is 38.1 Å². The molecule has 3 aromatic carbocycles. The van der Waals surface area contributed by atoms with Crippen LogP contribution >= 0.6 is 0 Å². The number of rotatable bonds is 6. The first-order valence-electron chi connectivity index (χ1n) is 11.6. The quantitative estimate of drug-likeness (QED) is 0.480. The van der Waals surface area contributed by atoms with Gasteiger partial charge in [0.1, 0.15) is 0 Å². The van der Waals surface area contributed by atoms with Crippen LogP contribution in [0, 0.1) is 0 Å². The van der Waals surface area contributed by atoms with Crippen LogP contribution in [0.1, 0.15) is 48.3 Å². The number of aliphatic hydroxyl groups is 1. The fourth-order valence-corrected chi connectivity index (χ4v) is 5.53. The molecule has 3 N–H and O–H groups in total. The number of aliphatic hydroxyl groups excluding tert-OH is 1. The van der Waals surface area contributed by atoms with Crippen molar-refractivity contribution in [3.05, 3.63) is 89.5 Å². The van der Waals surface area contributed by atoms with E-state index in [9.17, 15) is 18.3 Å². The molecule has 0 aromatic heterocycles. The predicted octanol–water partition coefficient (Wildman–Crippen LogP) is 4.11. The molecule has 0 spiro atoms. The molecule has 7 nitrogen and oxygen atoms in total. The number of sulfonamides is 1. The summed E-state index contributed by atoms with van der Waals surface area (Å²) >= 11 is 0. The zero-order chi connectivity index (χ0) is 25.4. The third kappa shape index (κ3) is 4.96. The number of nitrogens with one attached hydrogen (secondary N) is 2. The maximum absolute atomic E-state index is 13.3. The Morgan fingerprint density at radius 1 is 1.06 bits per heavy atom. The summed E-state index contributed by atoms with van der Waals surface area (Å²) in [4.78, 5) is 14.9. The minimum absolute atomic E-state index is 0.121. The van der Waals surface area contributed by atoms with Crippen molar-refractivity contribution in [2.75, 3.05) is 17.3 Å². The Bertz CT molecular complexity index is 1320. The van der Waals surface area contributed by atoms with Crippen LogP contribution in [0.4, 0.5) is 11.4 Å². The number of para-hydroxylation sites is 1. The van der Waals surface area contributed by atoms with Crippen molar-refractivity contribution in [2.24, 2.45) is 0 Å². The van der Waals surface area contributed by atoms with E-state index in [1.165, 1.54) is 4.90 Å². The number of carbonyl (C=O) groups excluding carboxylic acids is 1. The highest BCUT2D eigenvalue weighted by atomic mass is 32.2. The van der Waals surface area contributed by atoms with E-state index in [4.69, 9.17) is 0 Å². The SMILES string of the molecule is CCc1ccc(S(=O)(=O)N[C@@H]2c3cc(C(=O)N(C)c4ccccc4)ccc3NC(C)(C)[C@H]2O)cc1. The van der Waals surface area contributed by atoms with Gasteiger partial charge in [0.15, 0.2) is 0 Å². The van der Waals surface area contributed by atoms with Crippen molar-refractivity contribution in [1.82, 2.24) is 4.72 Å². The molecule has 4 rings (SSSR count). The summed E-state index contributed by atoms with van der Waals surface area (Å²) in [5.74, 6) is -0.241. The molecular weight excluding hydrogens is 462 g/mol. The summed E-state index contributed by atoms with van der Waals surface area (Å²) in [5.41, 5.74) is 2.52. The molecule has 0 unspecified atom stereocenters. The Labute approximate surface area is 206 Å². The largest absolute Gasteiger partial charge is 0.389 e. The summed E-state index contributed by atoms with van der Waals surface area (Å²) in [7, 11) is -2.25. The van der Waals surface area contributed by atoms with E-state index in [0.717, 1.165) is 17.7 Å². The number of hydrogen-bond acceptors (Lipinski definition) is 5. The average molecular weight is 494 g/mol. The molecule has 0 aliphatic carbocycles. The molecule has 8 heteroatoms. The molecule has 2 atom stereocenters. The number of carbonyl (C=O) groups is 1. The van der Waals surface area contributed by atoms with Gasteiger partial charge in [-0.15, -0.1) is 0 Å². The molecule has 0 radical (unpaired) electrons. The standard InChI is InChI=1S/C27H31N3O4S/c1-5-18-11-14-21(15-12-18)35(33,34)29-24-22-17-19(13-16-23(22)28-27(2,3)25(24)31)26(32)30(4)20-9-7-6-8-10-20/h6-17,24-25,28-29,31H,5H2,1-4H3/t24-,25+/m1/s1. The zero-order valence-electron chi connectivity index (χ0n) is 20.3. The average Bonchev–Trinajstić information content (AvgIpc) is 2.86. The summed E-state index contributed by atoms with van der Waals surface area (Å²) in [6, 6.07) is 20.1. The molecule has 184 valence electrons. The van der Waals surface area contributed by atoms with E-state index in [-0.39, 0.29) is 10.8 Å². The first-order valence-corrected chi connectivity index (χ1v) is 13.1. The van der Waals surface area contributed by atoms with Gasteiger partial charge in [0.25, 0.3) is 5.91 Å². The molecule has 3 aromatic rings. The second-order valence-electron chi connectivity index (χ2n) is 9.39. The number of anilines is 2. The normalized spacial score (nSPS) is 18.9. The Morgan fingerprint density at radius 2 is 1.71 bits per heavy atom. The minimum atomic E-state index is -3.94. The second kappa shape index (κ2) is 9.45. The Morgan fingerprint density at radius 3 is 2.34 bits per heavy atom. The number of fused-ring (bicyclic) bond motifs is 1. The number of benzene rings is 3. The van der Waals surface area contributed by atoms with E-state index in [2.05, 4.69) is 10.0 Å². The molecule has 0 saturated carbocycles. The van der Waals surface area contributed by atoms with Crippen molar-refractivity contribution in [1.29, 1.82) is 0 Å². The van der Waals surface area contributed by atoms with Crippen molar-refractivity contribution in [3.8, 4) is 0 Å². The van der Waals surface area contributed by atoms with Crippen LogP contribution in [0.25, 0.3) is 0 Å². The zero-order valence-corrected chi connectivity index (χ0v) is 21.1. The minimum Gasteiger partial charge on any atom is -0.389 e. The highest BCUT2D eigenvalue weighted by molar-refractivity contribution is 7.89. The Hall–Kier alpha value is -3.20. The van der Waals surface area contributed by atoms with E-state index >= 15 is 0 Å². The van der Waals surface area contributed by atoms with Gasteiger partial charge in [-0.3, -0.25) is 4.79 Å². The topological polar surface area (TPSA) is 98.7 Å². The van der Waals surface area contributed by atoms with Crippen LogP contribution < -0.4 is 14.9 Å². The van der Waals surface area contributed by atoms with Gasteiger partial charge in [0, 0.05) is 24.0 Å². The third-order valence-corrected chi connectivity index (χ3v) is 7.97. The number of amides is 1. The summed E-state index contributed by atoms with van der Waals surface area (Å²) in [5, 5.41) is 14.4. The van der Waals surface area contributed by atoms with Gasteiger partial charge in [-0.2, -0.15) is 0 Å².